The van der Waals surface area contributed by atoms with Crippen LogP contribution in [-0.4, -0.2) is 22.5 Å². The second-order valence-corrected chi connectivity index (χ2v) is 7.32. The van der Waals surface area contributed by atoms with Crippen molar-refractivity contribution >= 4 is 5.65 Å². The Hall–Kier alpha value is -3.25. The summed E-state index contributed by atoms with van der Waals surface area (Å²) >= 11 is 0. The van der Waals surface area contributed by atoms with Crippen LogP contribution in [0, 0.1) is 25.5 Å². The van der Waals surface area contributed by atoms with Crippen LogP contribution >= 0.6 is 0 Å². The molecule has 0 atom stereocenters. The van der Waals surface area contributed by atoms with Crippen LogP contribution < -0.4 is 10.1 Å². The third kappa shape index (κ3) is 4.33. The molecule has 2 aromatic carbocycles. The molecule has 0 aliphatic carbocycles. The molecule has 4 aromatic rings. The Kier molecular flexibility index (Phi) is 5.77. The monoisotopic (exact) mass is 407 g/mol. The number of aryl methyl sites for hydroxylation is 2. The highest BCUT2D eigenvalue weighted by Crippen LogP contribution is 2.31. The minimum Gasteiger partial charge on any atom is -0.476 e. The normalized spacial score (nSPS) is 11.2. The second-order valence-electron chi connectivity index (χ2n) is 7.32. The Morgan fingerprint density at radius 1 is 1.00 bits per heavy atom. The predicted octanol–water partition coefficient (Wildman–Crippen LogP) is 5.06. The predicted molar refractivity (Wildman–Crippen MR) is 114 cm³/mol. The molecule has 0 aliphatic heterocycles. The summed E-state index contributed by atoms with van der Waals surface area (Å²) in [6.07, 6.45) is 1.97. The van der Waals surface area contributed by atoms with Crippen molar-refractivity contribution in [2.45, 2.75) is 20.4 Å². The van der Waals surface area contributed by atoms with Crippen molar-refractivity contribution in [2.24, 2.45) is 0 Å². The fourth-order valence-electron chi connectivity index (χ4n) is 3.26. The zero-order valence-corrected chi connectivity index (χ0v) is 17.0. The summed E-state index contributed by atoms with van der Waals surface area (Å²) in [4.78, 5) is 4.67. The molecule has 154 valence electrons. The van der Waals surface area contributed by atoms with Crippen molar-refractivity contribution in [3.8, 4) is 17.1 Å². The molecule has 0 fully saturated rings. The molecular formula is C24H23F2N3O. The number of imidazole rings is 1. The van der Waals surface area contributed by atoms with Gasteiger partial charge in [0.05, 0.1) is 0 Å². The van der Waals surface area contributed by atoms with E-state index in [4.69, 9.17) is 4.74 Å². The Balaban J connectivity index is 1.48. The quantitative estimate of drug-likeness (QED) is 0.435. The molecule has 0 saturated carbocycles. The molecule has 4 rings (SSSR count). The van der Waals surface area contributed by atoms with E-state index in [1.165, 1.54) is 12.1 Å². The number of nitrogens with one attached hydrogen (secondary N) is 1. The minimum atomic E-state index is -0.294. The van der Waals surface area contributed by atoms with Gasteiger partial charge in [0.25, 0.3) is 0 Å². The van der Waals surface area contributed by atoms with E-state index in [1.807, 2.05) is 35.7 Å². The smallest absolute Gasteiger partial charge is 0.226 e. The van der Waals surface area contributed by atoms with E-state index in [1.54, 1.807) is 31.2 Å². The first kappa shape index (κ1) is 20.0. The van der Waals surface area contributed by atoms with E-state index in [0.29, 0.717) is 36.8 Å². The van der Waals surface area contributed by atoms with Gasteiger partial charge in [-0.2, -0.15) is 0 Å². The van der Waals surface area contributed by atoms with Crippen molar-refractivity contribution in [1.29, 1.82) is 0 Å². The van der Waals surface area contributed by atoms with Crippen LogP contribution in [0.5, 0.6) is 5.88 Å². The molecule has 0 amide bonds. The van der Waals surface area contributed by atoms with Crippen LogP contribution in [0.25, 0.3) is 16.9 Å². The first-order chi connectivity index (χ1) is 14.5. The van der Waals surface area contributed by atoms with E-state index >= 15 is 0 Å². The third-order valence-electron chi connectivity index (χ3n) is 4.92. The number of ether oxygens (including phenoxy) is 1. The maximum Gasteiger partial charge on any atom is 0.226 e. The van der Waals surface area contributed by atoms with Crippen LogP contribution in [0.2, 0.25) is 0 Å². The Labute approximate surface area is 174 Å². The minimum absolute atomic E-state index is 0.199. The number of fused-ring (bicyclic) bond motifs is 1. The number of hydrogen-bond acceptors (Lipinski definition) is 3. The van der Waals surface area contributed by atoms with Crippen LogP contribution in [0.3, 0.4) is 0 Å². The molecule has 0 unspecified atom stereocenters. The number of nitrogens with zero attached hydrogens (tertiary/aromatic N) is 2. The van der Waals surface area contributed by atoms with E-state index < -0.39 is 0 Å². The number of hydrogen-bond donors (Lipinski definition) is 1. The summed E-state index contributed by atoms with van der Waals surface area (Å²) in [5.41, 5.74) is 4.82. The molecule has 0 aliphatic rings. The van der Waals surface area contributed by atoms with Crippen molar-refractivity contribution in [2.75, 3.05) is 13.2 Å². The number of pyridine rings is 1. The largest absolute Gasteiger partial charge is 0.476 e. The highest BCUT2D eigenvalue weighted by molar-refractivity contribution is 5.69. The molecule has 6 heteroatoms. The Morgan fingerprint density at radius 3 is 2.57 bits per heavy atom. The Morgan fingerprint density at radius 2 is 1.80 bits per heavy atom. The molecule has 30 heavy (non-hydrogen) atoms. The van der Waals surface area contributed by atoms with Crippen LogP contribution in [0.1, 0.15) is 16.7 Å². The van der Waals surface area contributed by atoms with Crippen LogP contribution in [0.15, 0.2) is 60.8 Å². The average Bonchev–Trinajstić information content (AvgIpc) is 3.08. The van der Waals surface area contributed by atoms with Gasteiger partial charge >= 0.3 is 0 Å². The number of aromatic nitrogens is 2. The highest BCUT2D eigenvalue weighted by atomic mass is 19.1. The number of benzene rings is 2. The lowest BCUT2D eigenvalue weighted by Crippen LogP contribution is -2.21. The summed E-state index contributed by atoms with van der Waals surface area (Å²) in [7, 11) is 0. The van der Waals surface area contributed by atoms with E-state index in [9.17, 15) is 8.78 Å². The van der Waals surface area contributed by atoms with Gasteiger partial charge in [-0.1, -0.05) is 18.2 Å². The van der Waals surface area contributed by atoms with Gasteiger partial charge in [0.1, 0.15) is 29.6 Å². The van der Waals surface area contributed by atoms with E-state index in [-0.39, 0.29) is 11.6 Å². The topological polar surface area (TPSA) is 38.6 Å². The molecule has 0 bridgehead atoms. The molecule has 0 radical (unpaired) electrons. The molecule has 4 nitrogen and oxygen atoms in total. The molecule has 0 saturated heterocycles. The summed E-state index contributed by atoms with van der Waals surface area (Å²) in [5.74, 6) is 0.122. The van der Waals surface area contributed by atoms with Gasteiger partial charge in [0, 0.05) is 24.8 Å². The van der Waals surface area contributed by atoms with Gasteiger partial charge in [0.2, 0.25) is 5.88 Å². The van der Waals surface area contributed by atoms with Crippen molar-refractivity contribution in [3.05, 3.63) is 89.1 Å². The third-order valence-corrected chi connectivity index (χ3v) is 4.92. The fourth-order valence-corrected chi connectivity index (χ4v) is 3.26. The van der Waals surface area contributed by atoms with Gasteiger partial charge in [0.15, 0.2) is 0 Å². The molecule has 0 spiro atoms. The van der Waals surface area contributed by atoms with Crippen LogP contribution in [-0.2, 0) is 6.54 Å². The van der Waals surface area contributed by atoms with Crippen molar-refractivity contribution < 1.29 is 13.5 Å². The zero-order chi connectivity index (χ0) is 21.1. The van der Waals surface area contributed by atoms with Gasteiger partial charge < -0.3 is 10.1 Å². The molecule has 1 N–H and O–H groups in total. The standard InChI is InChI=1S/C24H23F2N3O/c1-16-3-10-22-28-23(19-6-8-20(25)9-7-19)24(29(22)15-16)30-12-11-27-14-18-5-4-17(2)21(26)13-18/h3-10,13,15,27H,11-12,14H2,1-2H3. The SMILES string of the molecule is Cc1ccc2nc(-c3ccc(F)cc3)c(OCCNCc3ccc(C)c(F)c3)n2c1. The Bertz CT molecular complexity index is 1170. The van der Waals surface area contributed by atoms with Gasteiger partial charge in [-0.05, 0) is 66.9 Å². The summed E-state index contributed by atoms with van der Waals surface area (Å²) in [5, 5.41) is 3.27. The van der Waals surface area contributed by atoms with Gasteiger partial charge in [-0.3, -0.25) is 4.40 Å². The molecule has 2 heterocycles. The maximum absolute atomic E-state index is 13.7. The first-order valence-electron chi connectivity index (χ1n) is 9.84. The molecular weight excluding hydrogens is 384 g/mol. The maximum atomic E-state index is 13.7. The lowest BCUT2D eigenvalue weighted by molar-refractivity contribution is 0.301. The van der Waals surface area contributed by atoms with Crippen molar-refractivity contribution in [1.82, 2.24) is 14.7 Å². The number of halogens is 2. The lowest BCUT2D eigenvalue weighted by Gasteiger charge is -2.10. The van der Waals surface area contributed by atoms with Crippen molar-refractivity contribution in [3.63, 3.8) is 0 Å². The fraction of sp³-hybridized carbons (Fsp3) is 0.208. The van der Waals surface area contributed by atoms with E-state index in [0.717, 1.165) is 22.3 Å². The van der Waals surface area contributed by atoms with Gasteiger partial charge in [-0.25, -0.2) is 13.8 Å². The summed E-state index contributed by atoms with van der Waals surface area (Å²) < 4.78 is 35.0. The lowest BCUT2D eigenvalue weighted by atomic mass is 10.1. The first-order valence-corrected chi connectivity index (χ1v) is 9.84. The average molecular weight is 407 g/mol. The van der Waals surface area contributed by atoms with Gasteiger partial charge in [-0.15, -0.1) is 0 Å². The molecule has 2 aromatic heterocycles. The zero-order valence-electron chi connectivity index (χ0n) is 17.0. The van der Waals surface area contributed by atoms with Crippen LogP contribution in [0.4, 0.5) is 8.78 Å². The summed E-state index contributed by atoms with van der Waals surface area (Å²) in [6, 6.07) is 15.4. The highest BCUT2D eigenvalue weighted by Gasteiger charge is 2.16. The summed E-state index contributed by atoms with van der Waals surface area (Å²) in [6.45, 7) is 5.29. The second kappa shape index (κ2) is 8.63. The van der Waals surface area contributed by atoms with E-state index in [2.05, 4.69) is 10.3 Å². The number of rotatable bonds is 7.